The summed E-state index contributed by atoms with van der Waals surface area (Å²) >= 11 is 5.30. The molecule has 2 aliphatic heterocycles. The summed E-state index contributed by atoms with van der Waals surface area (Å²) in [6.07, 6.45) is -1.02. The van der Waals surface area contributed by atoms with Crippen molar-refractivity contribution in [3.8, 4) is 0 Å². The molecule has 0 spiro atoms. The van der Waals surface area contributed by atoms with Crippen LogP contribution in [0.3, 0.4) is 0 Å². The van der Waals surface area contributed by atoms with Gasteiger partial charge in [-0.15, -0.1) is 0 Å². The molecule has 2 fully saturated rings. The van der Waals surface area contributed by atoms with Crippen molar-refractivity contribution in [3.05, 3.63) is 24.0 Å². The lowest BCUT2D eigenvalue weighted by Crippen LogP contribution is -2.33. The van der Waals surface area contributed by atoms with Gasteiger partial charge in [-0.1, -0.05) is 0 Å². The summed E-state index contributed by atoms with van der Waals surface area (Å²) in [4.78, 5) is 27.9. The van der Waals surface area contributed by atoms with E-state index in [0.29, 0.717) is 23.0 Å². The van der Waals surface area contributed by atoms with Crippen LogP contribution in [0.2, 0.25) is 0 Å². The number of nitrogens with one attached hydrogen (secondary N) is 1. The second-order valence-corrected chi connectivity index (χ2v) is 6.41. The number of rotatable bonds is 4. The summed E-state index contributed by atoms with van der Waals surface area (Å²) < 4.78 is 19.8. The smallest absolute Gasteiger partial charge is 0.414 e. The molecular weight excluding hydrogens is 347 g/mol. The highest BCUT2D eigenvalue weighted by Gasteiger charge is 2.33. The van der Waals surface area contributed by atoms with E-state index >= 15 is 0 Å². The number of hydrogen-bond donors (Lipinski definition) is 1. The maximum Gasteiger partial charge on any atom is 0.414 e. The molecule has 0 bridgehead atoms. The first-order valence-corrected chi connectivity index (χ1v) is 8.32. The van der Waals surface area contributed by atoms with E-state index in [-0.39, 0.29) is 19.0 Å². The van der Waals surface area contributed by atoms with E-state index in [1.807, 2.05) is 11.9 Å². The van der Waals surface area contributed by atoms with Gasteiger partial charge in [-0.05, 0) is 30.4 Å². The third kappa shape index (κ3) is 3.51. The fraction of sp³-hybridized carbons (Fsp3) is 0.438. The van der Waals surface area contributed by atoms with Crippen LogP contribution < -0.4 is 15.1 Å². The molecule has 2 amide bonds. The average molecular weight is 366 g/mol. The van der Waals surface area contributed by atoms with Gasteiger partial charge in [0.1, 0.15) is 11.9 Å². The molecule has 134 valence electrons. The molecule has 3 rings (SSSR count). The van der Waals surface area contributed by atoms with E-state index in [2.05, 4.69) is 5.32 Å². The van der Waals surface area contributed by atoms with E-state index in [1.165, 1.54) is 17.9 Å². The molecule has 25 heavy (non-hydrogen) atoms. The van der Waals surface area contributed by atoms with Gasteiger partial charge in [-0.25, -0.2) is 9.18 Å². The first-order chi connectivity index (χ1) is 11.9. The summed E-state index contributed by atoms with van der Waals surface area (Å²) in [5.41, 5.74) is 0.801. The maximum absolute atomic E-state index is 14.6. The number of ether oxygens (including phenoxy) is 1. The molecule has 1 unspecified atom stereocenters. The number of carbonyl (C=O) groups excluding carboxylic acids is 2. The van der Waals surface area contributed by atoms with Crippen LogP contribution in [-0.4, -0.2) is 61.3 Å². The number of amides is 2. The molecule has 1 aromatic carbocycles. The molecule has 0 aliphatic carbocycles. The topological polar surface area (TPSA) is 65.1 Å². The fourth-order valence-corrected chi connectivity index (χ4v) is 3.13. The molecule has 7 nitrogen and oxygen atoms in total. The molecule has 1 N–H and O–H groups in total. The van der Waals surface area contributed by atoms with Crippen molar-refractivity contribution in [1.82, 2.24) is 10.2 Å². The Morgan fingerprint density at radius 1 is 1.40 bits per heavy atom. The Morgan fingerprint density at radius 2 is 2.16 bits per heavy atom. The minimum atomic E-state index is -0.557. The second kappa shape index (κ2) is 6.83. The molecule has 1 atom stereocenters. The van der Waals surface area contributed by atoms with Crippen molar-refractivity contribution in [3.63, 3.8) is 0 Å². The largest absolute Gasteiger partial charge is 0.442 e. The van der Waals surface area contributed by atoms with E-state index in [4.69, 9.17) is 17.0 Å². The number of hydrogen-bond acceptors (Lipinski definition) is 4. The number of halogens is 1. The Labute approximate surface area is 150 Å². The Bertz CT molecular complexity index is 729. The number of cyclic esters (lactones) is 1. The lowest BCUT2D eigenvalue weighted by atomic mass is 10.2. The quantitative estimate of drug-likeness (QED) is 0.811. The van der Waals surface area contributed by atoms with E-state index in [1.54, 1.807) is 17.0 Å². The van der Waals surface area contributed by atoms with Crippen LogP contribution in [0.25, 0.3) is 0 Å². The van der Waals surface area contributed by atoms with Gasteiger partial charge in [-0.3, -0.25) is 9.69 Å². The molecule has 0 aromatic heterocycles. The third-order valence-electron chi connectivity index (χ3n) is 4.20. The highest BCUT2D eigenvalue weighted by Crippen LogP contribution is 2.29. The fourth-order valence-electron chi connectivity index (χ4n) is 2.85. The number of thiocarbonyl (C=S) groups is 1. The van der Waals surface area contributed by atoms with Gasteiger partial charge in [0.15, 0.2) is 5.11 Å². The summed E-state index contributed by atoms with van der Waals surface area (Å²) in [7, 11) is 1.87. The molecule has 2 aliphatic rings. The van der Waals surface area contributed by atoms with Crippen molar-refractivity contribution in [2.45, 2.75) is 13.0 Å². The van der Waals surface area contributed by atoms with Gasteiger partial charge in [0.05, 0.1) is 24.5 Å². The summed E-state index contributed by atoms with van der Waals surface area (Å²) in [5.74, 6) is -0.648. The number of nitrogens with zero attached hydrogens (tertiary/aromatic N) is 3. The third-order valence-corrected chi connectivity index (χ3v) is 4.74. The van der Waals surface area contributed by atoms with Crippen LogP contribution in [0.4, 0.5) is 20.6 Å². The van der Waals surface area contributed by atoms with Crippen molar-refractivity contribution in [2.75, 3.05) is 43.0 Å². The highest BCUT2D eigenvalue weighted by molar-refractivity contribution is 7.80. The predicted octanol–water partition coefficient (Wildman–Crippen LogP) is 1.32. The molecule has 0 saturated carbocycles. The summed E-state index contributed by atoms with van der Waals surface area (Å²) in [5, 5.41) is 3.18. The van der Waals surface area contributed by atoms with Crippen LogP contribution in [0, 0.1) is 5.82 Å². The minimum Gasteiger partial charge on any atom is -0.442 e. The van der Waals surface area contributed by atoms with Gasteiger partial charge in [0.2, 0.25) is 5.91 Å². The molecule has 1 aromatic rings. The Hall–Kier alpha value is -2.42. The van der Waals surface area contributed by atoms with Crippen molar-refractivity contribution >= 4 is 40.7 Å². The zero-order valence-corrected chi connectivity index (χ0v) is 14.8. The highest BCUT2D eigenvalue weighted by atomic mass is 32.1. The normalized spacial score (nSPS) is 20.3. The monoisotopic (exact) mass is 366 g/mol. The molecule has 9 heteroatoms. The van der Waals surface area contributed by atoms with E-state index < -0.39 is 18.0 Å². The average Bonchev–Trinajstić information content (AvgIpc) is 3.09. The second-order valence-electron chi connectivity index (χ2n) is 6.04. The molecule has 2 heterocycles. The Kier molecular flexibility index (Phi) is 4.76. The minimum absolute atomic E-state index is 0.198. The van der Waals surface area contributed by atoms with Crippen LogP contribution in [0.5, 0.6) is 0 Å². The number of anilines is 2. The van der Waals surface area contributed by atoms with Gasteiger partial charge in [0, 0.05) is 27.1 Å². The first kappa shape index (κ1) is 17.4. The Balaban J connectivity index is 1.73. The zero-order chi connectivity index (χ0) is 18.1. The van der Waals surface area contributed by atoms with E-state index in [0.717, 1.165) is 6.54 Å². The first-order valence-electron chi connectivity index (χ1n) is 7.91. The van der Waals surface area contributed by atoms with Crippen molar-refractivity contribution < 1.29 is 18.7 Å². The van der Waals surface area contributed by atoms with Gasteiger partial charge in [-0.2, -0.15) is 0 Å². The Morgan fingerprint density at radius 3 is 2.76 bits per heavy atom. The van der Waals surface area contributed by atoms with Crippen LogP contribution >= 0.6 is 12.2 Å². The standard InChI is InChI=1S/C16H19FN4O3S/c1-10(22)18-8-12-9-21(16(23)24-12)11-3-4-14(13(17)7-11)20-6-5-19(2)15(20)25/h3-4,7,12H,5-6,8-9H2,1-2H3,(H,18,22). The zero-order valence-electron chi connectivity index (χ0n) is 14.0. The predicted molar refractivity (Wildman–Crippen MR) is 95.3 cm³/mol. The van der Waals surface area contributed by atoms with Crippen molar-refractivity contribution in [2.24, 2.45) is 0 Å². The SMILES string of the molecule is CC(=O)NCC1CN(c2ccc(N3CCN(C)C3=S)c(F)c2)C(=O)O1. The van der Waals surface area contributed by atoms with Crippen LogP contribution in [-0.2, 0) is 9.53 Å². The van der Waals surface area contributed by atoms with Crippen LogP contribution in [0.1, 0.15) is 6.92 Å². The van der Waals surface area contributed by atoms with Gasteiger partial charge >= 0.3 is 6.09 Å². The lowest BCUT2D eigenvalue weighted by molar-refractivity contribution is -0.119. The van der Waals surface area contributed by atoms with Crippen molar-refractivity contribution in [1.29, 1.82) is 0 Å². The summed E-state index contributed by atoms with van der Waals surface area (Å²) in [6, 6.07) is 4.59. The number of carbonyl (C=O) groups is 2. The van der Waals surface area contributed by atoms with Crippen LogP contribution in [0.15, 0.2) is 18.2 Å². The molecular formula is C16H19FN4O3S. The van der Waals surface area contributed by atoms with E-state index in [9.17, 15) is 14.0 Å². The molecule has 0 radical (unpaired) electrons. The number of benzene rings is 1. The maximum atomic E-state index is 14.6. The van der Waals surface area contributed by atoms with Gasteiger partial charge < -0.3 is 19.9 Å². The van der Waals surface area contributed by atoms with Gasteiger partial charge in [0.25, 0.3) is 0 Å². The number of likely N-dealkylation sites (N-methyl/N-ethyl adjacent to an activating group) is 1. The molecule has 2 saturated heterocycles. The lowest BCUT2D eigenvalue weighted by Gasteiger charge is -2.21. The summed E-state index contributed by atoms with van der Waals surface area (Å²) in [6.45, 7) is 3.23.